The Labute approximate surface area is 231 Å². The summed E-state index contributed by atoms with van der Waals surface area (Å²) in [6.45, 7) is 5.91. The van der Waals surface area contributed by atoms with Gasteiger partial charge in [0.25, 0.3) is 0 Å². The number of hydrogen-bond donors (Lipinski definition) is 0. The molecule has 0 N–H and O–H groups in total. The third kappa shape index (κ3) is 4.63. The molecule has 0 saturated heterocycles. The summed E-state index contributed by atoms with van der Waals surface area (Å²) >= 11 is 18.7. The van der Waals surface area contributed by atoms with Gasteiger partial charge in [-0.3, -0.25) is 14.7 Å². The van der Waals surface area contributed by atoms with E-state index >= 15 is 0 Å². The van der Waals surface area contributed by atoms with Gasteiger partial charge in [-0.25, -0.2) is 8.42 Å². The maximum Gasteiger partial charge on any atom is 0.216 e. The molecule has 0 aliphatic carbocycles. The Hall–Kier alpha value is -2.58. The Morgan fingerprint density at radius 1 is 0.946 bits per heavy atom. The average molecular weight is 580 g/mol. The smallest absolute Gasteiger partial charge is 0.216 e. The normalized spacial score (nSPS) is 21.6. The van der Waals surface area contributed by atoms with Crippen LogP contribution in [0.15, 0.2) is 70.6 Å². The zero-order chi connectivity index (χ0) is 27.2. The van der Waals surface area contributed by atoms with Gasteiger partial charge in [-0.1, -0.05) is 59.1 Å². The van der Waals surface area contributed by atoms with E-state index in [-0.39, 0.29) is 15.8 Å². The van der Waals surface area contributed by atoms with Crippen molar-refractivity contribution in [3.63, 3.8) is 0 Å². The van der Waals surface area contributed by atoms with Gasteiger partial charge in [0.15, 0.2) is 9.84 Å². The number of carbonyl (C=O) groups is 1. The van der Waals surface area contributed by atoms with Gasteiger partial charge in [0.1, 0.15) is 22.7 Å². The predicted molar refractivity (Wildman–Crippen MR) is 148 cm³/mol. The number of nitrogens with zero attached hydrogens (tertiary/aromatic N) is 2. The summed E-state index contributed by atoms with van der Waals surface area (Å²) < 4.78 is 30.9. The summed E-state index contributed by atoms with van der Waals surface area (Å²) in [6, 6.07) is 17.3. The van der Waals surface area contributed by atoms with Crippen molar-refractivity contribution in [1.29, 1.82) is 0 Å². The molecule has 37 heavy (non-hydrogen) atoms. The average Bonchev–Trinajstić information content (AvgIpc) is 3.07. The van der Waals surface area contributed by atoms with Crippen molar-refractivity contribution in [2.45, 2.75) is 36.7 Å². The number of sulfone groups is 1. The minimum atomic E-state index is -3.69. The number of rotatable bonds is 7. The largest absolute Gasteiger partial charge is 0.493 e. The number of ether oxygens (including phenoxy) is 1. The van der Waals surface area contributed by atoms with Gasteiger partial charge in [-0.2, -0.15) is 0 Å². The highest BCUT2D eigenvalue weighted by Crippen LogP contribution is 2.53. The third-order valence-electron chi connectivity index (χ3n) is 6.88. The maximum absolute atomic E-state index is 12.9. The molecular formula is C27H25Cl3N2O4S. The molecule has 0 fully saturated rings. The monoisotopic (exact) mass is 578 g/mol. The lowest BCUT2D eigenvalue weighted by atomic mass is 9.71. The molecule has 1 aliphatic rings. The number of halogens is 3. The van der Waals surface area contributed by atoms with E-state index in [1.165, 1.54) is 17.0 Å². The fourth-order valence-electron chi connectivity index (χ4n) is 4.75. The van der Waals surface area contributed by atoms with Gasteiger partial charge in [0.05, 0.1) is 22.1 Å². The second-order valence-corrected chi connectivity index (χ2v) is 12.3. The number of hydrogen-bond acceptors (Lipinski definition) is 5. The first-order chi connectivity index (χ1) is 17.4. The first-order valence-electron chi connectivity index (χ1n) is 11.4. The van der Waals surface area contributed by atoms with Crippen LogP contribution in [0.2, 0.25) is 15.1 Å². The van der Waals surface area contributed by atoms with E-state index in [1.54, 1.807) is 31.2 Å². The van der Waals surface area contributed by atoms with Gasteiger partial charge in [-0.15, -0.1) is 0 Å². The summed E-state index contributed by atoms with van der Waals surface area (Å²) in [4.78, 5) is 19.4. The van der Waals surface area contributed by atoms with Crippen molar-refractivity contribution in [1.82, 2.24) is 4.90 Å². The minimum absolute atomic E-state index is 0.0203. The lowest BCUT2D eigenvalue weighted by Gasteiger charge is -2.44. The Balaban J connectivity index is 2.07. The zero-order valence-corrected chi connectivity index (χ0v) is 23.7. The van der Waals surface area contributed by atoms with E-state index in [9.17, 15) is 13.2 Å². The first-order valence-corrected chi connectivity index (χ1v) is 14.4. The summed E-state index contributed by atoms with van der Waals surface area (Å²) in [5, 5.41) is 1.13. The highest BCUT2D eigenvalue weighted by Gasteiger charge is 2.57. The van der Waals surface area contributed by atoms with E-state index in [0.717, 1.165) is 17.4 Å². The lowest BCUT2D eigenvalue weighted by molar-refractivity contribution is -0.119. The third-order valence-corrected chi connectivity index (χ3v) is 8.95. The molecule has 0 radical (unpaired) electrons. The molecule has 0 bridgehead atoms. The molecule has 10 heteroatoms. The van der Waals surface area contributed by atoms with Crippen molar-refractivity contribution < 1.29 is 17.9 Å². The number of amides is 1. The van der Waals surface area contributed by atoms with Gasteiger partial charge in [0, 0.05) is 22.4 Å². The molecule has 3 aromatic rings. The Morgan fingerprint density at radius 2 is 1.49 bits per heavy atom. The van der Waals surface area contributed by atoms with Crippen LogP contribution in [0, 0.1) is 0 Å². The van der Waals surface area contributed by atoms with Crippen molar-refractivity contribution in [3.8, 4) is 5.75 Å². The summed E-state index contributed by atoms with van der Waals surface area (Å²) in [7, 11) is -3.69. The van der Waals surface area contributed by atoms with Crippen LogP contribution in [0.3, 0.4) is 0 Å². The Morgan fingerprint density at radius 3 is 1.97 bits per heavy atom. The molecule has 4 rings (SSSR count). The fraction of sp³-hybridized carbons (Fsp3) is 0.259. The molecule has 0 spiro atoms. The minimum Gasteiger partial charge on any atom is -0.493 e. The molecule has 1 amide bonds. The molecule has 3 aromatic carbocycles. The number of benzene rings is 3. The van der Waals surface area contributed by atoms with E-state index in [4.69, 9.17) is 44.5 Å². The zero-order valence-electron chi connectivity index (χ0n) is 20.6. The number of aliphatic imine (C=N–C) groups is 1. The second kappa shape index (κ2) is 9.95. The quantitative estimate of drug-likeness (QED) is 0.300. The highest BCUT2D eigenvalue weighted by molar-refractivity contribution is 7.90. The number of amidine groups is 1. The second-order valence-electron chi connectivity index (χ2n) is 9.05. The van der Waals surface area contributed by atoms with E-state index in [1.807, 2.05) is 38.1 Å². The molecule has 0 saturated carbocycles. The Kier molecular flexibility index (Phi) is 7.38. The highest BCUT2D eigenvalue weighted by atomic mass is 35.5. The molecular weight excluding hydrogens is 555 g/mol. The van der Waals surface area contributed by atoms with Crippen LogP contribution in [-0.2, 0) is 25.7 Å². The van der Waals surface area contributed by atoms with Gasteiger partial charge >= 0.3 is 0 Å². The van der Waals surface area contributed by atoms with Crippen LogP contribution < -0.4 is 4.74 Å². The lowest BCUT2D eigenvalue weighted by Crippen LogP contribution is -2.52. The van der Waals surface area contributed by atoms with Crippen LogP contribution >= 0.6 is 34.8 Å². The molecule has 1 heterocycles. The van der Waals surface area contributed by atoms with Crippen molar-refractivity contribution >= 4 is 56.9 Å². The molecule has 2 atom stereocenters. The van der Waals surface area contributed by atoms with Crippen LogP contribution in [0.25, 0.3) is 0 Å². The van der Waals surface area contributed by atoms with Gasteiger partial charge < -0.3 is 4.74 Å². The topological polar surface area (TPSA) is 76.0 Å². The van der Waals surface area contributed by atoms with Crippen LogP contribution in [0.1, 0.15) is 37.5 Å². The van der Waals surface area contributed by atoms with E-state index < -0.39 is 20.9 Å². The molecule has 1 aliphatic heterocycles. The SMILES string of the molecule is CCOc1cc(Cl)c(S(C)(=O)=O)cc1C1=N[C@@](C)(c2ccc(Cl)cc2)[C@@](C)(c2ccc(Cl)cc2)N1C=O. The number of carbonyl (C=O) groups excluding carboxylic acids is 1. The predicted octanol–water partition coefficient (Wildman–Crippen LogP) is 6.50. The van der Waals surface area contributed by atoms with E-state index in [0.29, 0.717) is 34.4 Å². The first kappa shape index (κ1) is 27.5. The van der Waals surface area contributed by atoms with Gasteiger partial charge in [0.2, 0.25) is 6.41 Å². The van der Waals surface area contributed by atoms with Crippen LogP contribution in [0.4, 0.5) is 0 Å². The van der Waals surface area contributed by atoms with Crippen molar-refractivity contribution in [2.75, 3.05) is 12.9 Å². The van der Waals surface area contributed by atoms with E-state index in [2.05, 4.69) is 0 Å². The molecule has 0 aromatic heterocycles. The van der Waals surface area contributed by atoms with Crippen molar-refractivity contribution in [2.24, 2.45) is 4.99 Å². The summed E-state index contributed by atoms with van der Waals surface area (Å²) in [5.41, 5.74) is -0.161. The molecule has 6 nitrogen and oxygen atoms in total. The van der Waals surface area contributed by atoms with Gasteiger partial charge in [-0.05, 0) is 62.2 Å². The van der Waals surface area contributed by atoms with Crippen LogP contribution in [0.5, 0.6) is 5.75 Å². The Bertz CT molecular complexity index is 1490. The fourth-order valence-corrected chi connectivity index (χ4v) is 6.32. The van der Waals surface area contributed by atoms with Crippen LogP contribution in [-0.4, -0.2) is 38.4 Å². The summed E-state index contributed by atoms with van der Waals surface area (Å²) in [5.74, 6) is 0.555. The maximum atomic E-state index is 12.9. The molecule has 194 valence electrons. The summed E-state index contributed by atoms with van der Waals surface area (Å²) in [6.07, 6.45) is 1.76. The van der Waals surface area contributed by atoms with Crippen molar-refractivity contribution in [3.05, 3.63) is 92.4 Å². The molecule has 0 unspecified atom stereocenters. The standard InChI is InChI=1S/C27H25Cl3N2O4S/c1-5-36-23-15-22(30)24(37(4,34)35)14-21(23)25-31-26(2,17-6-10-19(28)11-7-17)27(3,32(25)16-33)18-8-12-20(29)13-9-18/h6-16H,5H2,1-4H3/t26-,27+/m0/s1.